The van der Waals surface area contributed by atoms with Gasteiger partial charge in [0.25, 0.3) is 0 Å². The number of anilines is 2. The van der Waals surface area contributed by atoms with Crippen LogP contribution in [0, 0.1) is 17.8 Å². The van der Waals surface area contributed by atoms with Crippen molar-refractivity contribution in [3.8, 4) is 0 Å². The molecule has 2 aliphatic carbocycles. The van der Waals surface area contributed by atoms with Crippen LogP contribution in [0.1, 0.15) is 83.0 Å². The van der Waals surface area contributed by atoms with Gasteiger partial charge in [-0.15, -0.1) is 0 Å². The second kappa shape index (κ2) is 10.7. The highest BCUT2D eigenvalue weighted by atomic mass is 16.5. The molecule has 0 amide bonds. The number of hydrogen-bond donors (Lipinski definition) is 1. The summed E-state index contributed by atoms with van der Waals surface area (Å²) in [5, 5.41) is 0. The van der Waals surface area contributed by atoms with Crippen molar-refractivity contribution >= 4 is 17.5 Å². The summed E-state index contributed by atoms with van der Waals surface area (Å²) >= 11 is 0. The van der Waals surface area contributed by atoms with Gasteiger partial charge >= 0.3 is 0 Å². The molecule has 5 rings (SSSR count). The zero-order valence-electron chi connectivity index (χ0n) is 21.8. The highest BCUT2D eigenvalue weighted by Gasteiger charge is 2.32. The smallest absolute Gasteiger partial charge is 0.208 e. The molecule has 1 aromatic heterocycles. The van der Waals surface area contributed by atoms with E-state index in [2.05, 4.69) is 60.6 Å². The Labute approximate surface area is 211 Å². The Morgan fingerprint density at radius 3 is 2.57 bits per heavy atom. The van der Waals surface area contributed by atoms with Crippen molar-refractivity contribution in [2.24, 2.45) is 22.7 Å². The van der Waals surface area contributed by atoms with E-state index >= 15 is 0 Å². The van der Waals surface area contributed by atoms with E-state index in [4.69, 9.17) is 20.4 Å². The van der Waals surface area contributed by atoms with Crippen LogP contribution in [0.4, 0.5) is 11.8 Å². The van der Waals surface area contributed by atoms with Crippen LogP contribution in [-0.4, -0.2) is 41.1 Å². The van der Waals surface area contributed by atoms with Crippen molar-refractivity contribution in [3.05, 3.63) is 41.6 Å². The maximum absolute atomic E-state index is 6.69. The fraction of sp³-hybridized carbons (Fsp3) is 0.655. The number of nitrogens with two attached hydrogens (primary N) is 1. The molecular formula is C29H43N5O. The number of hydrogen-bond acceptors (Lipinski definition) is 5. The van der Waals surface area contributed by atoms with E-state index in [1.165, 1.54) is 50.5 Å². The average Bonchev–Trinajstić information content (AvgIpc) is 3.15. The predicted octanol–water partition coefficient (Wildman–Crippen LogP) is 5.87. The maximum Gasteiger partial charge on any atom is 0.208 e. The Balaban J connectivity index is 1.52. The highest BCUT2D eigenvalue weighted by molar-refractivity contribution is 6.01. The summed E-state index contributed by atoms with van der Waals surface area (Å²) in [6, 6.07) is 11.1. The Bertz CT molecular complexity index is 1000. The molecule has 0 bridgehead atoms. The molecular weight excluding hydrogens is 434 g/mol. The molecule has 1 aliphatic heterocycles. The fourth-order valence-electron chi connectivity index (χ4n) is 6.19. The first-order valence-corrected chi connectivity index (χ1v) is 13.8. The number of ether oxygens (including phenoxy) is 1. The molecule has 0 spiro atoms. The van der Waals surface area contributed by atoms with E-state index in [9.17, 15) is 0 Å². The van der Waals surface area contributed by atoms with E-state index in [0.29, 0.717) is 36.9 Å². The molecule has 3 aliphatic rings. The Morgan fingerprint density at radius 1 is 1.14 bits per heavy atom. The average molecular weight is 478 g/mol. The molecule has 2 saturated carbocycles. The third-order valence-corrected chi connectivity index (χ3v) is 8.69. The normalized spacial score (nSPS) is 27.0. The first kappa shape index (κ1) is 24.4. The zero-order chi connectivity index (χ0) is 24.4. The lowest BCUT2D eigenvalue weighted by Crippen LogP contribution is -2.41. The third kappa shape index (κ3) is 5.28. The number of benzene rings is 1. The summed E-state index contributed by atoms with van der Waals surface area (Å²) < 4.78 is 8.36. The lowest BCUT2D eigenvalue weighted by molar-refractivity contribution is 0.0927. The molecule has 3 fully saturated rings. The summed E-state index contributed by atoms with van der Waals surface area (Å²) in [6.07, 6.45) is 9.11. The van der Waals surface area contributed by atoms with Crippen molar-refractivity contribution in [1.82, 2.24) is 9.55 Å². The number of nitrogens with zero attached hydrogens (tertiary/aromatic N) is 4. The lowest BCUT2D eigenvalue weighted by Gasteiger charge is -2.37. The number of imidazole rings is 1. The number of aromatic nitrogens is 2. The quantitative estimate of drug-likeness (QED) is 0.507. The van der Waals surface area contributed by atoms with Gasteiger partial charge in [0.15, 0.2) is 5.82 Å². The molecule has 1 aromatic carbocycles. The van der Waals surface area contributed by atoms with Crippen LogP contribution < -0.4 is 10.6 Å². The van der Waals surface area contributed by atoms with Gasteiger partial charge in [-0.1, -0.05) is 56.5 Å². The van der Waals surface area contributed by atoms with Crippen molar-refractivity contribution in [2.75, 3.05) is 30.4 Å². The maximum atomic E-state index is 6.69. The lowest BCUT2D eigenvalue weighted by atomic mass is 9.80. The SMILES string of the molecule is CC(=N[C@H](C)C1CCC1)c1c(N)nc(N2CCOC[C@H]2c2ccccc2)n1CC1CCC(C)CC1. The topological polar surface area (TPSA) is 68.7 Å². The van der Waals surface area contributed by atoms with Gasteiger partial charge < -0.3 is 19.9 Å². The molecule has 190 valence electrons. The highest BCUT2D eigenvalue weighted by Crippen LogP contribution is 2.36. The summed E-state index contributed by atoms with van der Waals surface area (Å²) in [5.74, 6) is 3.81. The minimum absolute atomic E-state index is 0.135. The predicted molar refractivity (Wildman–Crippen MR) is 144 cm³/mol. The Morgan fingerprint density at radius 2 is 1.89 bits per heavy atom. The second-order valence-electron chi connectivity index (χ2n) is 11.2. The molecule has 6 heteroatoms. The number of morpholine rings is 1. The Kier molecular flexibility index (Phi) is 7.47. The summed E-state index contributed by atoms with van der Waals surface area (Å²) in [4.78, 5) is 12.6. The number of aliphatic imine (C=N–C) groups is 1. The molecule has 35 heavy (non-hydrogen) atoms. The summed E-state index contributed by atoms with van der Waals surface area (Å²) in [6.45, 7) is 9.94. The van der Waals surface area contributed by atoms with Crippen LogP contribution in [0.15, 0.2) is 35.3 Å². The fourth-order valence-corrected chi connectivity index (χ4v) is 6.19. The minimum Gasteiger partial charge on any atom is -0.382 e. The third-order valence-electron chi connectivity index (χ3n) is 8.69. The van der Waals surface area contributed by atoms with Gasteiger partial charge in [0, 0.05) is 13.1 Å². The second-order valence-corrected chi connectivity index (χ2v) is 11.2. The van der Waals surface area contributed by atoms with Crippen LogP contribution in [0.3, 0.4) is 0 Å². The van der Waals surface area contributed by atoms with Gasteiger partial charge in [-0.05, 0) is 62.8 Å². The molecule has 2 aromatic rings. The van der Waals surface area contributed by atoms with E-state index < -0.39 is 0 Å². The molecule has 1 saturated heterocycles. The van der Waals surface area contributed by atoms with Gasteiger partial charge in [-0.25, -0.2) is 0 Å². The monoisotopic (exact) mass is 477 g/mol. The van der Waals surface area contributed by atoms with Crippen molar-refractivity contribution in [3.63, 3.8) is 0 Å². The minimum atomic E-state index is 0.135. The van der Waals surface area contributed by atoms with Crippen molar-refractivity contribution in [2.45, 2.75) is 84.3 Å². The van der Waals surface area contributed by atoms with E-state index in [1.807, 2.05) is 0 Å². The Hall–Kier alpha value is -2.34. The van der Waals surface area contributed by atoms with Gasteiger partial charge in [0.2, 0.25) is 5.95 Å². The van der Waals surface area contributed by atoms with Crippen LogP contribution in [0.2, 0.25) is 0 Å². The molecule has 0 radical (unpaired) electrons. The van der Waals surface area contributed by atoms with Gasteiger partial charge in [-0.2, -0.15) is 4.98 Å². The molecule has 2 N–H and O–H groups in total. The van der Waals surface area contributed by atoms with Gasteiger partial charge in [0.05, 0.1) is 31.0 Å². The number of nitrogen functional groups attached to an aromatic ring is 1. The first-order chi connectivity index (χ1) is 17.0. The van der Waals surface area contributed by atoms with Crippen LogP contribution in [0.5, 0.6) is 0 Å². The van der Waals surface area contributed by atoms with Crippen LogP contribution >= 0.6 is 0 Å². The molecule has 0 unspecified atom stereocenters. The first-order valence-electron chi connectivity index (χ1n) is 13.8. The van der Waals surface area contributed by atoms with Gasteiger partial charge in [-0.3, -0.25) is 4.99 Å². The molecule has 2 heterocycles. The molecule has 2 atom stereocenters. The number of rotatable bonds is 7. The van der Waals surface area contributed by atoms with E-state index in [1.54, 1.807) is 0 Å². The van der Waals surface area contributed by atoms with Crippen LogP contribution in [0.25, 0.3) is 0 Å². The van der Waals surface area contributed by atoms with E-state index in [-0.39, 0.29) is 6.04 Å². The van der Waals surface area contributed by atoms with Gasteiger partial charge in [0.1, 0.15) is 5.69 Å². The largest absolute Gasteiger partial charge is 0.382 e. The standard InChI is InChI=1S/C29H43N5O/c1-20-12-14-23(15-13-20)18-34-27(22(3)31-21(2)24-10-7-11-24)28(30)32-29(34)33-16-17-35-19-26(33)25-8-5-4-6-9-25/h4-6,8-9,20-21,23-24,26H,7,10-19,30H2,1-3H3/t20?,21-,23?,26+/m1/s1. The summed E-state index contributed by atoms with van der Waals surface area (Å²) in [5.41, 5.74) is 10.0. The van der Waals surface area contributed by atoms with Crippen molar-refractivity contribution < 1.29 is 4.74 Å². The van der Waals surface area contributed by atoms with Crippen molar-refractivity contribution in [1.29, 1.82) is 0 Å². The summed E-state index contributed by atoms with van der Waals surface area (Å²) in [7, 11) is 0. The van der Waals surface area contributed by atoms with Crippen LogP contribution in [-0.2, 0) is 11.3 Å². The molecule has 6 nitrogen and oxygen atoms in total. The zero-order valence-corrected chi connectivity index (χ0v) is 21.8. The van der Waals surface area contributed by atoms with E-state index in [0.717, 1.165) is 36.4 Å².